The molecule has 9 heteroatoms. The summed E-state index contributed by atoms with van der Waals surface area (Å²) in [4.78, 5) is 9.33. The van der Waals surface area contributed by atoms with Crippen LogP contribution in [-0.4, -0.2) is 41.0 Å². The molecule has 3 aromatic rings. The minimum Gasteiger partial charge on any atom is -0.487 e. The van der Waals surface area contributed by atoms with Gasteiger partial charge in [-0.15, -0.1) is 0 Å². The lowest BCUT2D eigenvalue weighted by atomic mass is 9.95. The van der Waals surface area contributed by atoms with Crippen LogP contribution in [0, 0.1) is 0 Å². The van der Waals surface area contributed by atoms with E-state index in [-0.39, 0.29) is 11.1 Å². The Morgan fingerprint density at radius 3 is 2.49 bits per heavy atom. The number of nitrogens with zero attached hydrogens (tertiary/aromatic N) is 2. The van der Waals surface area contributed by atoms with Crippen LogP contribution in [0.1, 0.15) is 52.0 Å². The number of ether oxygens (including phenoxy) is 1. The number of benzene rings is 2. The number of anilines is 2. The third-order valence-corrected chi connectivity index (χ3v) is 13.3. The van der Waals surface area contributed by atoms with Gasteiger partial charge in [-0.2, -0.15) is 0 Å². The quantitative estimate of drug-likeness (QED) is 0.266. The van der Waals surface area contributed by atoms with Crippen molar-refractivity contribution in [3.8, 4) is 5.75 Å². The third kappa shape index (κ3) is 7.19. The molecule has 200 valence electrons. The predicted octanol–water partition coefficient (Wildman–Crippen LogP) is 7.73. The van der Waals surface area contributed by atoms with E-state index in [1.54, 1.807) is 6.26 Å². The molecule has 2 aromatic carbocycles. The maximum Gasteiger partial charge on any atom is 0.227 e. The first-order valence-electron chi connectivity index (χ1n) is 12.9. The van der Waals surface area contributed by atoms with Crippen molar-refractivity contribution in [3.05, 3.63) is 52.6 Å². The van der Waals surface area contributed by atoms with Gasteiger partial charge in [-0.3, -0.25) is 4.21 Å². The summed E-state index contributed by atoms with van der Waals surface area (Å²) in [5.41, 5.74) is 2.64. The van der Waals surface area contributed by atoms with Gasteiger partial charge in [-0.25, -0.2) is 9.97 Å². The SMILES string of the molecule is CS(=O)Cc1cccc(Nc2ncc3ccc(Br)c(OC4CCC(O[Si](C)(C)C(C)(C)C)CC4)c3n2)c1. The molecule has 1 N–H and O–H groups in total. The highest BCUT2D eigenvalue weighted by molar-refractivity contribution is 9.10. The van der Waals surface area contributed by atoms with Gasteiger partial charge in [0, 0.05) is 46.2 Å². The highest BCUT2D eigenvalue weighted by Gasteiger charge is 2.40. The Bertz CT molecular complexity index is 1270. The molecule has 0 spiro atoms. The summed E-state index contributed by atoms with van der Waals surface area (Å²) < 4.78 is 25.7. The number of hydrogen-bond acceptors (Lipinski definition) is 6. The van der Waals surface area contributed by atoms with E-state index in [0.717, 1.165) is 58.1 Å². The van der Waals surface area contributed by atoms with Gasteiger partial charge < -0.3 is 14.5 Å². The second kappa shape index (κ2) is 11.5. The minimum absolute atomic E-state index is 0.124. The molecule has 0 bridgehead atoms. The van der Waals surface area contributed by atoms with Gasteiger partial charge in [0.05, 0.1) is 10.6 Å². The molecule has 1 aromatic heterocycles. The molecule has 1 saturated carbocycles. The van der Waals surface area contributed by atoms with E-state index in [1.807, 2.05) is 42.6 Å². The summed E-state index contributed by atoms with van der Waals surface area (Å²) in [6, 6.07) is 11.9. The Labute approximate surface area is 232 Å². The van der Waals surface area contributed by atoms with Gasteiger partial charge >= 0.3 is 0 Å². The van der Waals surface area contributed by atoms with Crippen molar-refractivity contribution in [2.45, 2.75) is 82.5 Å². The van der Waals surface area contributed by atoms with E-state index in [4.69, 9.17) is 14.1 Å². The van der Waals surface area contributed by atoms with Crippen LogP contribution in [-0.2, 0) is 21.0 Å². The fraction of sp³-hybridized carbons (Fsp3) is 0.500. The van der Waals surface area contributed by atoms with Gasteiger partial charge in [0.25, 0.3) is 0 Å². The number of hydrogen-bond donors (Lipinski definition) is 1. The molecule has 1 aliphatic carbocycles. The topological polar surface area (TPSA) is 73.3 Å². The Balaban J connectivity index is 1.48. The maximum absolute atomic E-state index is 11.6. The van der Waals surface area contributed by atoms with E-state index >= 15 is 0 Å². The zero-order chi connectivity index (χ0) is 26.8. The van der Waals surface area contributed by atoms with Crippen LogP contribution in [0.15, 0.2) is 47.1 Å². The van der Waals surface area contributed by atoms with Crippen LogP contribution in [0.5, 0.6) is 5.75 Å². The number of rotatable bonds is 8. The maximum atomic E-state index is 11.6. The van der Waals surface area contributed by atoms with Gasteiger partial charge in [0.2, 0.25) is 5.95 Å². The van der Waals surface area contributed by atoms with Crippen LogP contribution in [0.2, 0.25) is 18.1 Å². The van der Waals surface area contributed by atoms with E-state index in [9.17, 15) is 4.21 Å². The summed E-state index contributed by atoms with van der Waals surface area (Å²) >= 11 is 3.69. The number of aromatic nitrogens is 2. The second-order valence-electron chi connectivity index (χ2n) is 11.4. The number of halogens is 1. The standard InChI is InChI=1S/C28H38BrN3O3SSi/c1-28(2,3)37(5,6)35-23-13-11-22(12-14-23)34-26-24(29)15-10-20-17-30-27(32-25(20)26)31-21-9-7-8-19(16-21)18-36(4)33/h7-10,15-17,22-23H,11-14,18H2,1-6H3,(H,30,31,32). The Morgan fingerprint density at radius 2 is 1.81 bits per heavy atom. The average molecular weight is 605 g/mol. The molecule has 0 saturated heterocycles. The zero-order valence-corrected chi connectivity index (χ0v) is 26.0. The molecule has 1 aliphatic rings. The lowest BCUT2D eigenvalue weighted by Gasteiger charge is -2.41. The van der Waals surface area contributed by atoms with Crippen LogP contribution in [0.3, 0.4) is 0 Å². The summed E-state index contributed by atoms with van der Waals surface area (Å²) in [7, 11) is -2.67. The molecule has 4 rings (SSSR count). The summed E-state index contributed by atoms with van der Waals surface area (Å²) in [6.07, 6.45) is 7.92. The molecule has 1 fully saturated rings. The minimum atomic E-state index is -1.77. The van der Waals surface area contributed by atoms with Crippen molar-refractivity contribution >= 4 is 57.6 Å². The lowest BCUT2D eigenvalue weighted by molar-refractivity contribution is 0.0729. The molecule has 0 radical (unpaired) electrons. The molecule has 1 unspecified atom stereocenters. The van der Waals surface area contributed by atoms with Crippen molar-refractivity contribution in [1.29, 1.82) is 0 Å². The monoisotopic (exact) mass is 603 g/mol. The second-order valence-corrected chi connectivity index (χ2v) is 18.5. The van der Waals surface area contributed by atoms with Gasteiger partial charge in [0.15, 0.2) is 14.1 Å². The van der Waals surface area contributed by atoms with Crippen LogP contribution in [0.4, 0.5) is 11.6 Å². The molecule has 1 atom stereocenters. The van der Waals surface area contributed by atoms with E-state index in [2.05, 4.69) is 60.1 Å². The van der Waals surface area contributed by atoms with Crippen LogP contribution < -0.4 is 10.1 Å². The number of fused-ring (bicyclic) bond motifs is 1. The first kappa shape index (κ1) is 28.2. The first-order valence-corrected chi connectivity index (χ1v) is 18.3. The molecular formula is C28H38BrN3O3SSi. The van der Waals surface area contributed by atoms with Crippen LogP contribution >= 0.6 is 15.9 Å². The highest BCUT2D eigenvalue weighted by Crippen LogP contribution is 2.40. The van der Waals surface area contributed by atoms with E-state index < -0.39 is 19.1 Å². The van der Waals surface area contributed by atoms with E-state index in [1.165, 1.54) is 0 Å². The Kier molecular flexibility index (Phi) is 8.78. The summed E-state index contributed by atoms with van der Waals surface area (Å²) in [5, 5.41) is 4.44. The van der Waals surface area contributed by atoms with Crippen molar-refractivity contribution in [2.24, 2.45) is 0 Å². The summed E-state index contributed by atoms with van der Waals surface area (Å²) in [6.45, 7) is 11.5. The van der Waals surface area contributed by atoms with E-state index in [0.29, 0.717) is 17.8 Å². The third-order valence-electron chi connectivity index (χ3n) is 7.38. The predicted molar refractivity (Wildman–Crippen MR) is 160 cm³/mol. The zero-order valence-electron chi connectivity index (χ0n) is 22.6. The fourth-order valence-corrected chi connectivity index (χ4v) is 6.83. The summed E-state index contributed by atoms with van der Waals surface area (Å²) in [5.74, 6) is 1.77. The van der Waals surface area contributed by atoms with Crippen molar-refractivity contribution < 1.29 is 13.4 Å². The number of nitrogens with one attached hydrogen (secondary N) is 1. The van der Waals surface area contributed by atoms with Crippen molar-refractivity contribution in [1.82, 2.24) is 9.97 Å². The Morgan fingerprint density at radius 1 is 1.11 bits per heavy atom. The molecule has 0 aliphatic heterocycles. The smallest absolute Gasteiger partial charge is 0.227 e. The molecule has 37 heavy (non-hydrogen) atoms. The van der Waals surface area contributed by atoms with Gasteiger partial charge in [0.1, 0.15) is 5.52 Å². The molecular weight excluding hydrogens is 566 g/mol. The Hall–Kier alpha value is -1.81. The largest absolute Gasteiger partial charge is 0.487 e. The normalized spacial score (nSPS) is 19.5. The van der Waals surface area contributed by atoms with Gasteiger partial charge in [-0.05, 0) is 89.6 Å². The lowest BCUT2D eigenvalue weighted by Crippen LogP contribution is -2.45. The van der Waals surface area contributed by atoms with Crippen molar-refractivity contribution in [2.75, 3.05) is 11.6 Å². The first-order chi connectivity index (χ1) is 17.4. The molecule has 0 amide bonds. The van der Waals surface area contributed by atoms with Crippen molar-refractivity contribution in [3.63, 3.8) is 0 Å². The fourth-order valence-electron chi connectivity index (χ4n) is 4.35. The van der Waals surface area contributed by atoms with Crippen LogP contribution in [0.25, 0.3) is 10.9 Å². The van der Waals surface area contributed by atoms with Gasteiger partial charge in [-0.1, -0.05) is 32.9 Å². The molecule has 6 nitrogen and oxygen atoms in total. The highest BCUT2D eigenvalue weighted by atomic mass is 79.9. The average Bonchev–Trinajstić information content (AvgIpc) is 2.81. The molecule has 1 heterocycles.